The summed E-state index contributed by atoms with van der Waals surface area (Å²) in [7, 11) is -2.17. The van der Waals surface area contributed by atoms with Gasteiger partial charge < -0.3 is 21.7 Å². The molecule has 4 rings (SSSR count). The Kier molecular flexibility index (Phi) is 12.2. The fraction of sp³-hybridized carbons (Fsp3) is 0.571. The zero-order valence-electron chi connectivity index (χ0n) is 25.7. The Morgan fingerprint density at radius 3 is 2.53 bits per heavy atom. The standard InChI is InChI=1S/C28H43Cl2N11O3S/c1-3-4-21-17-40(27-24(30)37-23(26(32)38-27)28(42)35-9-10-36-45(33,43)44)13-14-41(21)20-7-11-39(12-8-20)16-18-5-6-19(29)15-22(18)25(31)34-2/h5-6,15,20-21,36H,3-4,7-14,16-17H2,1-2H3,(H2,31,34)(H2,32,38)(H,35,42)(H2,33,43,44)/t21-/m0/s1. The first-order valence-electron chi connectivity index (χ1n) is 15.0. The Hall–Kier alpha value is -2.79. The van der Waals surface area contributed by atoms with Crippen molar-refractivity contribution in [3.05, 3.63) is 45.2 Å². The Balaban J connectivity index is 1.36. The van der Waals surface area contributed by atoms with Crippen molar-refractivity contribution in [2.45, 2.75) is 51.2 Å². The number of piperazine rings is 1. The molecule has 0 spiro atoms. The molecule has 2 aromatic rings. The number of halogens is 2. The van der Waals surface area contributed by atoms with Gasteiger partial charge in [0.15, 0.2) is 22.5 Å². The van der Waals surface area contributed by atoms with Gasteiger partial charge in [-0.2, -0.15) is 8.42 Å². The molecule has 14 nitrogen and oxygen atoms in total. The average molecular weight is 685 g/mol. The number of piperidine rings is 1. The number of hydrogen-bond acceptors (Lipinski definition) is 10. The van der Waals surface area contributed by atoms with E-state index in [4.69, 9.17) is 39.8 Å². The smallest absolute Gasteiger partial charge is 0.274 e. The number of benzene rings is 1. The van der Waals surface area contributed by atoms with Gasteiger partial charge in [0, 0.05) is 69.0 Å². The fourth-order valence-electron chi connectivity index (χ4n) is 6.07. The fourth-order valence-corrected chi connectivity index (χ4v) is 6.87. The second-order valence-electron chi connectivity index (χ2n) is 11.3. The van der Waals surface area contributed by atoms with Crippen LogP contribution >= 0.6 is 23.2 Å². The van der Waals surface area contributed by atoms with Crippen molar-refractivity contribution < 1.29 is 13.2 Å². The largest absolute Gasteiger partial charge is 0.384 e. The number of hydrogen-bond donors (Lipinski definition) is 5. The molecule has 1 amide bonds. The summed E-state index contributed by atoms with van der Waals surface area (Å²) in [5.41, 5.74) is 14.2. The van der Waals surface area contributed by atoms with Gasteiger partial charge in [0.25, 0.3) is 16.1 Å². The minimum absolute atomic E-state index is 0.0141. The number of amides is 1. The number of anilines is 2. The molecular weight excluding hydrogens is 641 g/mol. The number of carbonyl (C=O) groups is 1. The van der Waals surface area contributed by atoms with E-state index in [-0.39, 0.29) is 29.8 Å². The van der Waals surface area contributed by atoms with Gasteiger partial charge in [0.05, 0.1) is 0 Å². The third-order valence-electron chi connectivity index (χ3n) is 8.25. The number of aliphatic imine (C=N–C) groups is 1. The predicted octanol–water partition coefficient (Wildman–Crippen LogP) is 1.18. The molecule has 2 fully saturated rings. The summed E-state index contributed by atoms with van der Waals surface area (Å²) in [6.07, 6.45) is 4.18. The summed E-state index contributed by atoms with van der Waals surface area (Å²) in [5.74, 6) is 0.274. The molecule has 45 heavy (non-hydrogen) atoms. The van der Waals surface area contributed by atoms with Gasteiger partial charge >= 0.3 is 0 Å². The first kappa shape index (κ1) is 35.1. The van der Waals surface area contributed by atoms with Gasteiger partial charge in [0.1, 0.15) is 5.84 Å². The molecule has 2 aliphatic rings. The van der Waals surface area contributed by atoms with Crippen LogP contribution in [-0.2, 0) is 16.8 Å². The maximum absolute atomic E-state index is 12.6. The van der Waals surface area contributed by atoms with Crippen LogP contribution in [0.5, 0.6) is 0 Å². The van der Waals surface area contributed by atoms with Crippen molar-refractivity contribution in [1.29, 1.82) is 0 Å². The summed E-state index contributed by atoms with van der Waals surface area (Å²) in [6, 6.07) is 6.58. The lowest BCUT2D eigenvalue weighted by Gasteiger charge is -2.48. The number of aromatic nitrogens is 2. The SMILES string of the molecule is CCC[C@H]1CN(c2nc(N)c(C(=O)NCCNS(N)(=O)=O)nc2Cl)CCN1C1CCN(Cc2ccc(Cl)cc2C(N)=NC)CC1. The number of carbonyl (C=O) groups excluding carboxylic acids is 1. The Labute approximate surface area is 274 Å². The van der Waals surface area contributed by atoms with Crippen LogP contribution in [0.2, 0.25) is 10.2 Å². The minimum Gasteiger partial charge on any atom is -0.384 e. The van der Waals surface area contributed by atoms with E-state index in [0.717, 1.165) is 69.5 Å². The first-order chi connectivity index (χ1) is 21.4. The van der Waals surface area contributed by atoms with Gasteiger partial charge in [-0.1, -0.05) is 42.6 Å². The average Bonchev–Trinajstić information content (AvgIpc) is 3.00. The second-order valence-corrected chi connectivity index (χ2v) is 13.5. The van der Waals surface area contributed by atoms with Crippen LogP contribution in [0.25, 0.3) is 0 Å². The molecular formula is C28H43Cl2N11O3S. The van der Waals surface area contributed by atoms with Crippen LogP contribution < -0.4 is 31.5 Å². The molecule has 0 bridgehead atoms. The zero-order chi connectivity index (χ0) is 32.7. The number of nitrogens with zero attached hydrogens (tertiary/aromatic N) is 6. The molecule has 1 aromatic heterocycles. The summed E-state index contributed by atoms with van der Waals surface area (Å²) >= 11 is 12.8. The number of likely N-dealkylation sites (tertiary alicyclic amines) is 1. The van der Waals surface area contributed by atoms with Crippen molar-refractivity contribution in [3.8, 4) is 0 Å². The van der Waals surface area contributed by atoms with E-state index in [1.807, 2.05) is 18.2 Å². The highest BCUT2D eigenvalue weighted by Gasteiger charge is 2.35. The van der Waals surface area contributed by atoms with Gasteiger partial charge in [-0.15, -0.1) is 0 Å². The highest BCUT2D eigenvalue weighted by molar-refractivity contribution is 7.87. The van der Waals surface area contributed by atoms with E-state index in [9.17, 15) is 13.2 Å². The molecule has 1 atom stereocenters. The van der Waals surface area contributed by atoms with Crippen LogP contribution in [0.4, 0.5) is 11.6 Å². The molecule has 2 aliphatic heterocycles. The Bertz CT molecular complexity index is 1490. The third-order valence-corrected chi connectivity index (χ3v) is 9.35. The van der Waals surface area contributed by atoms with E-state index in [2.05, 4.69) is 46.6 Å². The summed E-state index contributed by atoms with van der Waals surface area (Å²) in [6.45, 7) is 7.09. The molecule has 3 heterocycles. The van der Waals surface area contributed by atoms with Crippen LogP contribution in [0.15, 0.2) is 23.2 Å². The number of nitrogens with two attached hydrogens (primary N) is 3. The van der Waals surface area contributed by atoms with E-state index in [1.165, 1.54) is 0 Å². The van der Waals surface area contributed by atoms with Crippen molar-refractivity contribution in [2.24, 2.45) is 15.9 Å². The molecule has 0 radical (unpaired) electrons. The van der Waals surface area contributed by atoms with Crippen LogP contribution in [0.3, 0.4) is 0 Å². The van der Waals surface area contributed by atoms with Gasteiger partial charge in [0.2, 0.25) is 0 Å². The van der Waals surface area contributed by atoms with Crippen molar-refractivity contribution in [2.75, 3.05) is 63.5 Å². The van der Waals surface area contributed by atoms with Gasteiger partial charge in [-0.05, 0) is 50.0 Å². The number of nitrogens with one attached hydrogen (secondary N) is 2. The lowest BCUT2D eigenvalue weighted by Crippen LogP contribution is -2.58. The van der Waals surface area contributed by atoms with E-state index >= 15 is 0 Å². The third kappa shape index (κ3) is 9.37. The molecule has 8 N–H and O–H groups in total. The predicted molar refractivity (Wildman–Crippen MR) is 179 cm³/mol. The summed E-state index contributed by atoms with van der Waals surface area (Å²) < 4.78 is 24.1. The van der Waals surface area contributed by atoms with Crippen molar-refractivity contribution in [3.63, 3.8) is 0 Å². The molecule has 0 aliphatic carbocycles. The second kappa shape index (κ2) is 15.7. The monoisotopic (exact) mass is 683 g/mol. The van der Waals surface area contributed by atoms with Gasteiger partial charge in [-0.25, -0.2) is 19.8 Å². The maximum Gasteiger partial charge on any atom is 0.274 e. The summed E-state index contributed by atoms with van der Waals surface area (Å²) in [4.78, 5) is 32.6. The van der Waals surface area contributed by atoms with E-state index in [1.54, 1.807) is 7.05 Å². The molecule has 0 saturated carbocycles. The van der Waals surface area contributed by atoms with Crippen LogP contribution in [0.1, 0.15) is 54.2 Å². The number of rotatable bonds is 12. The number of amidine groups is 1. The van der Waals surface area contributed by atoms with Crippen LogP contribution in [-0.4, -0.2) is 105 Å². The minimum atomic E-state index is -3.86. The zero-order valence-corrected chi connectivity index (χ0v) is 28.0. The van der Waals surface area contributed by atoms with E-state index < -0.39 is 16.1 Å². The number of nitrogen functional groups attached to an aromatic ring is 1. The van der Waals surface area contributed by atoms with Crippen molar-refractivity contribution in [1.82, 2.24) is 29.8 Å². The van der Waals surface area contributed by atoms with Crippen LogP contribution in [0, 0.1) is 0 Å². The maximum atomic E-state index is 12.6. The lowest BCUT2D eigenvalue weighted by molar-refractivity contribution is 0.0589. The van der Waals surface area contributed by atoms with Crippen molar-refractivity contribution >= 4 is 56.8 Å². The molecule has 248 valence electrons. The quantitative estimate of drug-likeness (QED) is 0.123. The highest BCUT2D eigenvalue weighted by atomic mass is 35.5. The first-order valence-corrected chi connectivity index (χ1v) is 17.3. The van der Waals surface area contributed by atoms with Gasteiger partial charge in [-0.3, -0.25) is 19.6 Å². The molecule has 0 unspecified atom stereocenters. The Morgan fingerprint density at radius 2 is 1.87 bits per heavy atom. The molecule has 2 saturated heterocycles. The van der Waals surface area contributed by atoms with E-state index in [0.29, 0.717) is 35.3 Å². The lowest BCUT2D eigenvalue weighted by atomic mass is 9.96. The summed E-state index contributed by atoms with van der Waals surface area (Å²) in [5, 5.41) is 8.16. The normalized spacial score (nSPS) is 19.2. The Morgan fingerprint density at radius 1 is 1.13 bits per heavy atom. The molecule has 1 aromatic carbocycles. The molecule has 17 heteroatoms. The highest BCUT2D eigenvalue weighted by Crippen LogP contribution is 2.30. The topological polar surface area (TPSA) is 201 Å².